The quantitative estimate of drug-likeness (QED) is 0.452. The number of hydrogen-bond donors (Lipinski definition) is 3. The number of benzene rings is 3. The van der Waals surface area contributed by atoms with Crippen LogP contribution in [0.15, 0.2) is 89.8 Å². The van der Waals surface area contributed by atoms with E-state index < -0.39 is 16.1 Å². The zero-order valence-corrected chi connectivity index (χ0v) is 20.0. The number of sulfonamides is 1. The second-order valence-corrected chi connectivity index (χ2v) is 10.4. The molecule has 0 aromatic heterocycles. The highest BCUT2D eigenvalue weighted by atomic mass is 32.2. The van der Waals surface area contributed by atoms with Crippen molar-refractivity contribution in [2.45, 2.75) is 23.3 Å². The van der Waals surface area contributed by atoms with Crippen molar-refractivity contribution in [1.29, 1.82) is 5.26 Å². The summed E-state index contributed by atoms with van der Waals surface area (Å²) in [5, 5.41) is 15.2. The normalized spacial score (nSPS) is 18.1. The molecular formula is C27H28N4O3S. The fraction of sp³-hybridized carbons (Fsp3) is 0.259. The molecule has 1 aliphatic heterocycles. The summed E-state index contributed by atoms with van der Waals surface area (Å²) >= 11 is 0. The third-order valence-electron chi connectivity index (χ3n) is 6.22. The predicted octanol–water partition coefficient (Wildman–Crippen LogP) is 2.76. The zero-order chi connectivity index (χ0) is 24.7. The molecular weight excluding hydrogens is 460 g/mol. The smallest absolute Gasteiger partial charge is 0.240 e. The van der Waals surface area contributed by atoms with Crippen LogP contribution in [0, 0.1) is 17.2 Å². The van der Waals surface area contributed by atoms with Gasteiger partial charge in [0.05, 0.1) is 22.4 Å². The molecule has 0 saturated carbocycles. The monoisotopic (exact) mass is 488 g/mol. The van der Waals surface area contributed by atoms with Gasteiger partial charge in [0.1, 0.15) is 0 Å². The highest BCUT2D eigenvalue weighted by Gasteiger charge is 2.30. The minimum absolute atomic E-state index is 0.0172. The zero-order valence-electron chi connectivity index (χ0n) is 19.2. The molecule has 0 unspecified atom stereocenters. The lowest BCUT2D eigenvalue weighted by Crippen LogP contribution is -2.52. The second-order valence-electron chi connectivity index (χ2n) is 8.66. The standard InChI is InChI=1S/C27H28N4O3S/c28-16-20-11-13-25(14-12-20)35(33,34)31-24-15-23(17-29-18-24)27(32)30-19-26(21-7-3-1-4-8-21)22-9-5-2-6-10-22/h1-14,23-24,26,29,31H,15,17-19H2,(H,30,32)/t23-,24-/m0/s1. The molecule has 0 bridgehead atoms. The second kappa shape index (κ2) is 11.3. The molecule has 0 aliphatic carbocycles. The van der Waals surface area contributed by atoms with Crippen LogP contribution in [0.5, 0.6) is 0 Å². The van der Waals surface area contributed by atoms with Crippen LogP contribution in [-0.2, 0) is 14.8 Å². The Balaban J connectivity index is 1.39. The number of carbonyl (C=O) groups is 1. The van der Waals surface area contributed by atoms with Crippen molar-refractivity contribution >= 4 is 15.9 Å². The van der Waals surface area contributed by atoms with Gasteiger partial charge in [-0.15, -0.1) is 0 Å². The van der Waals surface area contributed by atoms with Gasteiger partial charge < -0.3 is 10.6 Å². The summed E-state index contributed by atoms with van der Waals surface area (Å²) in [6, 6.07) is 27.4. The molecule has 3 N–H and O–H groups in total. The number of nitrogens with one attached hydrogen (secondary N) is 3. The Morgan fingerprint density at radius 3 is 2.11 bits per heavy atom. The van der Waals surface area contributed by atoms with Gasteiger partial charge in [-0.05, 0) is 41.8 Å². The van der Waals surface area contributed by atoms with Gasteiger partial charge in [0.25, 0.3) is 0 Å². The van der Waals surface area contributed by atoms with Crippen molar-refractivity contribution in [3.63, 3.8) is 0 Å². The molecule has 1 saturated heterocycles. The highest BCUT2D eigenvalue weighted by Crippen LogP contribution is 2.24. The molecule has 180 valence electrons. The maximum absolute atomic E-state index is 13.1. The average Bonchev–Trinajstić information content (AvgIpc) is 2.90. The van der Waals surface area contributed by atoms with Crippen molar-refractivity contribution in [3.05, 3.63) is 102 Å². The van der Waals surface area contributed by atoms with E-state index >= 15 is 0 Å². The Kier molecular flexibility index (Phi) is 7.93. The molecule has 1 fully saturated rings. The Bertz CT molecular complexity index is 1230. The summed E-state index contributed by atoms with van der Waals surface area (Å²) in [7, 11) is -3.76. The predicted molar refractivity (Wildman–Crippen MR) is 134 cm³/mol. The van der Waals surface area contributed by atoms with Crippen molar-refractivity contribution in [3.8, 4) is 6.07 Å². The number of hydrogen-bond acceptors (Lipinski definition) is 5. The molecule has 7 nitrogen and oxygen atoms in total. The first-order chi connectivity index (χ1) is 17.0. The number of amides is 1. The Morgan fingerprint density at radius 2 is 1.54 bits per heavy atom. The van der Waals surface area contributed by atoms with E-state index in [2.05, 4.69) is 39.6 Å². The molecule has 3 aromatic carbocycles. The first kappa shape index (κ1) is 24.6. The number of rotatable bonds is 8. The van der Waals surface area contributed by atoms with Crippen molar-refractivity contribution in [2.75, 3.05) is 19.6 Å². The molecule has 0 radical (unpaired) electrons. The minimum atomic E-state index is -3.76. The van der Waals surface area contributed by atoms with Gasteiger partial charge in [-0.1, -0.05) is 60.7 Å². The van der Waals surface area contributed by atoms with E-state index in [4.69, 9.17) is 5.26 Å². The van der Waals surface area contributed by atoms with Crippen LogP contribution in [0.2, 0.25) is 0 Å². The fourth-order valence-electron chi connectivity index (χ4n) is 4.37. The lowest BCUT2D eigenvalue weighted by atomic mass is 9.90. The van der Waals surface area contributed by atoms with E-state index in [1.165, 1.54) is 24.3 Å². The van der Waals surface area contributed by atoms with Gasteiger partial charge in [0, 0.05) is 31.6 Å². The maximum atomic E-state index is 13.1. The number of nitriles is 1. The topological polar surface area (TPSA) is 111 Å². The number of piperidine rings is 1. The largest absolute Gasteiger partial charge is 0.355 e. The Hall–Kier alpha value is -3.51. The molecule has 8 heteroatoms. The van der Waals surface area contributed by atoms with Crippen LogP contribution >= 0.6 is 0 Å². The SMILES string of the molecule is N#Cc1ccc(S(=O)(=O)N[C@@H]2CNC[C@@H](C(=O)NCC(c3ccccc3)c3ccccc3)C2)cc1. The first-order valence-corrected chi connectivity index (χ1v) is 13.1. The third-order valence-corrected chi connectivity index (χ3v) is 7.76. The van der Waals surface area contributed by atoms with Crippen molar-refractivity contribution in [2.24, 2.45) is 5.92 Å². The van der Waals surface area contributed by atoms with Crippen LogP contribution in [-0.4, -0.2) is 40.0 Å². The molecule has 1 heterocycles. The minimum Gasteiger partial charge on any atom is -0.355 e. The molecule has 1 aliphatic rings. The van der Waals surface area contributed by atoms with E-state index in [1.807, 2.05) is 42.5 Å². The molecule has 35 heavy (non-hydrogen) atoms. The summed E-state index contributed by atoms with van der Waals surface area (Å²) in [6.45, 7) is 1.38. The van der Waals surface area contributed by atoms with E-state index in [-0.39, 0.29) is 22.6 Å². The summed E-state index contributed by atoms with van der Waals surface area (Å²) < 4.78 is 28.3. The van der Waals surface area contributed by atoms with E-state index in [9.17, 15) is 13.2 Å². The summed E-state index contributed by atoms with van der Waals surface area (Å²) in [5.74, 6) is -0.440. The molecule has 4 rings (SSSR count). The van der Waals surface area contributed by atoms with Crippen LogP contribution < -0.4 is 15.4 Å². The molecule has 1 amide bonds. The Labute approximate surface area is 206 Å². The number of carbonyl (C=O) groups excluding carboxylic acids is 1. The van der Waals surface area contributed by atoms with E-state index in [0.29, 0.717) is 31.6 Å². The van der Waals surface area contributed by atoms with Gasteiger partial charge >= 0.3 is 0 Å². The molecule has 2 atom stereocenters. The average molecular weight is 489 g/mol. The van der Waals surface area contributed by atoms with Gasteiger partial charge in [-0.2, -0.15) is 5.26 Å². The van der Waals surface area contributed by atoms with Crippen molar-refractivity contribution < 1.29 is 13.2 Å². The first-order valence-electron chi connectivity index (χ1n) is 11.6. The van der Waals surface area contributed by atoms with Crippen LogP contribution in [0.1, 0.15) is 29.0 Å². The Morgan fingerprint density at radius 1 is 0.943 bits per heavy atom. The van der Waals surface area contributed by atoms with E-state index in [0.717, 1.165) is 11.1 Å². The summed E-state index contributed by atoms with van der Waals surface area (Å²) in [5.41, 5.74) is 2.63. The molecule has 3 aromatic rings. The molecule has 0 spiro atoms. The van der Waals surface area contributed by atoms with Gasteiger partial charge in [-0.3, -0.25) is 4.79 Å². The van der Waals surface area contributed by atoms with Crippen LogP contribution in [0.3, 0.4) is 0 Å². The van der Waals surface area contributed by atoms with Gasteiger partial charge in [0.2, 0.25) is 15.9 Å². The fourth-order valence-corrected chi connectivity index (χ4v) is 5.62. The third kappa shape index (κ3) is 6.34. The lowest BCUT2D eigenvalue weighted by molar-refractivity contribution is -0.125. The summed E-state index contributed by atoms with van der Waals surface area (Å²) in [6.07, 6.45) is 0.398. The van der Waals surface area contributed by atoms with Crippen LogP contribution in [0.4, 0.5) is 0 Å². The van der Waals surface area contributed by atoms with Gasteiger partial charge in [0.15, 0.2) is 0 Å². The van der Waals surface area contributed by atoms with Crippen molar-refractivity contribution in [1.82, 2.24) is 15.4 Å². The number of nitrogens with zero attached hydrogens (tertiary/aromatic N) is 1. The highest BCUT2D eigenvalue weighted by molar-refractivity contribution is 7.89. The van der Waals surface area contributed by atoms with Gasteiger partial charge in [-0.25, -0.2) is 13.1 Å². The maximum Gasteiger partial charge on any atom is 0.240 e. The van der Waals surface area contributed by atoms with E-state index in [1.54, 1.807) is 0 Å². The van der Waals surface area contributed by atoms with Crippen LogP contribution in [0.25, 0.3) is 0 Å². The lowest BCUT2D eigenvalue weighted by Gasteiger charge is -2.30. The summed E-state index contributed by atoms with van der Waals surface area (Å²) in [4.78, 5) is 13.2.